The first-order valence-electron chi connectivity index (χ1n) is 3.69. The fourth-order valence-electron chi connectivity index (χ4n) is 1.27. The summed E-state index contributed by atoms with van der Waals surface area (Å²) >= 11 is 2.21. The molecule has 0 aromatic carbocycles. The minimum absolute atomic E-state index is 0.668. The van der Waals surface area contributed by atoms with Gasteiger partial charge >= 0.3 is 0 Å². The Bertz CT molecular complexity index is 581. The van der Waals surface area contributed by atoms with Gasteiger partial charge in [0.1, 0.15) is 5.65 Å². The second-order valence-electron chi connectivity index (χ2n) is 2.58. The van der Waals surface area contributed by atoms with Crippen LogP contribution in [-0.2, 0) is 0 Å². The van der Waals surface area contributed by atoms with Crippen LogP contribution in [0.4, 0.5) is 0 Å². The molecule has 3 rings (SSSR count). The van der Waals surface area contributed by atoms with Crippen molar-refractivity contribution in [1.82, 2.24) is 19.6 Å². The molecule has 64 valence electrons. The molecular formula is C7H4IN5. The zero-order chi connectivity index (χ0) is 8.84. The maximum atomic E-state index is 4.27. The van der Waals surface area contributed by atoms with Gasteiger partial charge in [0.15, 0.2) is 5.65 Å². The number of rotatable bonds is 0. The summed E-state index contributed by atoms with van der Waals surface area (Å²) in [5.41, 5.74) is 1.45. The van der Waals surface area contributed by atoms with Crippen LogP contribution in [0.25, 0.3) is 11.3 Å². The largest absolute Gasteiger partial charge is 0.361 e. The Kier molecular flexibility index (Phi) is 1.34. The van der Waals surface area contributed by atoms with Crippen LogP contribution in [0.2, 0.25) is 0 Å². The molecule has 3 heterocycles. The second-order valence-corrected chi connectivity index (χ2v) is 3.68. The van der Waals surface area contributed by atoms with Crippen LogP contribution in [0.5, 0.6) is 0 Å². The molecule has 0 aliphatic carbocycles. The third kappa shape index (κ3) is 0.886. The lowest BCUT2D eigenvalue weighted by molar-refractivity contribution is -0.686. The van der Waals surface area contributed by atoms with E-state index in [4.69, 9.17) is 0 Å². The summed E-state index contributed by atoms with van der Waals surface area (Å²) < 4.78 is 4.67. The molecule has 0 saturated heterocycles. The average molecular weight is 285 g/mol. The van der Waals surface area contributed by atoms with E-state index in [1.165, 1.54) is 0 Å². The van der Waals surface area contributed by atoms with E-state index < -0.39 is 0 Å². The number of aromatic nitrogens is 5. The zero-order valence-corrected chi connectivity index (χ0v) is 8.58. The summed E-state index contributed by atoms with van der Waals surface area (Å²) in [5, 5.41) is 4.27. The molecule has 13 heavy (non-hydrogen) atoms. The van der Waals surface area contributed by atoms with Gasteiger partial charge in [0.2, 0.25) is 0 Å². The lowest BCUT2D eigenvalue weighted by Crippen LogP contribution is -2.32. The summed E-state index contributed by atoms with van der Waals surface area (Å²) in [4.78, 5) is 8.31. The van der Waals surface area contributed by atoms with Crippen molar-refractivity contribution in [3.8, 4) is 0 Å². The normalized spacial score (nSPS) is 11.5. The monoisotopic (exact) mass is 285 g/mol. The zero-order valence-electron chi connectivity index (χ0n) is 6.42. The fraction of sp³-hybridized carbons (Fsp3) is 0. The lowest BCUT2D eigenvalue weighted by Gasteiger charge is -1.87. The van der Waals surface area contributed by atoms with E-state index in [-0.39, 0.29) is 0 Å². The Morgan fingerprint density at radius 3 is 3.15 bits per heavy atom. The van der Waals surface area contributed by atoms with Crippen LogP contribution in [0.3, 0.4) is 0 Å². The molecule has 0 spiro atoms. The van der Waals surface area contributed by atoms with Crippen molar-refractivity contribution in [3.63, 3.8) is 0 Å². The van der Waals surface area contributed by atoms with Gasteiger partial charge in [0.25, 0.3) is 3.70 Å². The molecule has 5 nitrogen and oxygen atoms in total. The van der Waals surface area contributed by atoms with Crippen molar-refractivity contribution in [2.24, 2.45) is 0 Å². The van der Waals surface area contributed by atoms with Gasteiger partial charge < -0.3 is 4.98 Å². The van der Waals surface area contributed by atoms with Crippen molar-refractivity contribution in [3.05, 3.63) is 28.4 Å². The second kappa shape index (κ2) is 2.41. The minimum Gasteiger partial charge on any atom is -0.361 e. The highest BCUT2D eigenvalue weighted by Gasteiger charge is 2.09. The molecule has 0 atom stereocenters. The summed E-state index contributed by atoms with van der Waals surface area (Å²) in [6.07, 6.45) is 5.23. The van der Waals surface area contributed by atoms with Crippen molar-refractivity contribution in [1.29, 1.82) is 0 Å². The maximum absolute atomic E-state index is 4.27. The molecule has 0 amide bonds. The van der Waals surface area contributed by atoms with Crippen molar-refractivity contribution < 1.29 is 4.63 Å². The van der Waals surface area contributed by atoms with Gasteiger partial charge in [-0.2, -0.15) is 4.52 Å². The first-order chi connectivity index (χ1) is 6.36. The molecule has 0 fully saturated rings. The standard InChI is InChI=1S/C7H4IN5/c8-5-1-4-12-7-6(11-13(5)12)9-2-3-10-7/h1-4H. The van der Waals surface area contributed by atoms with E-state index in [1.807, 2.05) is 16.8 Å². The highest BCUT2D eigenvalue weighted by molar-refractivity contribution is 14.1. The number of hydrogen-bond acceptors (Lipinski definition) is 2. The number of halogens is 1. The van der Waals surface area contributed by atoms with Gasteiger partial charge in [0.05, 0.1) is 0 Å². The van der Waals surface area contributed by atoms with E-state index in [0.29, 0.717) is 5.65 Å². The van der Waals surface area contributed by atoms with Crippen molar-refractivity contribution in [2.75, 3.05) is 0 Å². The molecule has 0 unspecified atom stereocenters. The summed E-state index contributed by atoms with van der Waals surface area (Å²) in [5.74, 6) is 0. The highest BCUT2D eigenvalue weighted by atomic mass is 127. The highest BCUT2D eigenvalue weighted by Crippen LogP contribution is 2.03. The fourth-order valence-corrected chi connectivity index (χ4v) is 1.77. The molecule has 0 aliphatic heterocycles. The smallest absolute Gasteiger partial charge is 0.274 e. The Morgan fingerprint density at radius 1 is 1.38 bits per heavy atom. The maximum Gasteiger partial charge on any atom is 0.274 e. The number of fused-ring (bicyclic) bond motifs is 3. The first-order valence-corrected chi connectivity index (χ1v) is 4.77. The molecule has 6 heteroatoms. The molecule has 0 saturated carbocycles. The quantitative estimate of drug-likeness (QED) is 0.432. The molecule has 0 bridgehead atoms. The van der Waals surface area contributed by atoms with Crippen LogP contribution in [0.15, 0.2) is 24.7 Å². The molecule has 3 aromatic rings. The van der Waals surface area contributed by atoms with E-state index in [9.17, 15) is 0 Å². The number of nitrogens with zero attached hydrogens (tertiary/aromatic N) is 5. The van der Waals surface area contributed by atoms with Crippen molar-refractivity contribution >= 4 is 33.9 Å². The predicted octanol–water partition coefficient (Wildman–Crippen LogP) is 0.0298. The lowest BCUT2D eigenvalue weighted by atomic mass is 10.6. The van der Waals surface area contributed by atoms with Crippen LogP contribution in [-0.4, -0.2) is 14.5 Å². The Morgan fingerprint density at radius 2 is 2.23 bits per heavy atom. The van der Waals surface area contributed by atoms with E-state index >= 15 is 0 Å². The summed E-state index contributed by atoms with van der Waals surface area (Å²) in [6.45, 7) is 0. The number of hydrogen-bond donors (Lipinski definition) is 0. The third-order valence-electron chi connectivity index (χ3n) is 1.82. The topological polar surface area (TPSA) is 48.4 Å². The molecule has 0 aliphatic rings. The van der Waals surface area contributed by atoms with E-state index in [0.717, 1.165) is 9.35 Å². The predicted molar refractivity (Wildman–Crippen MR) is 52.2 cm³/mol. The average Bonchev–Trinajstić information content (AvgIpc) is 2.67. The Hall–Kier alpha value is -1.18. The Labute approximate surface area is 86.5 Å². The van der Waals surface area contributed by atoms with Gasteiger partial charge in [-0.05, 0) is 6.20 Å². The molecular weight excluding hydrogens is 281 g/mol. The van der Waals surface area contributed by atoms with Gasteiger partial charge in [0, 0.05) is 41.1 Å². The summed E-state index contributed by atoms with van der Waals surface area (Å²) in [6, 6.07) is 1.97. The minimum atomic E-state index is 0.668. The van der Waals surface area contributed by atoms with Crippen LogP contribution in [0.1, 0.15) is 0 Å². The van der Waals surface area contributed by atoms with Gasteiger partial charge in [-0.15, -0.1) is 5.10 Å². The molecule has 0 N–H and O–H groups in total. The van der Waals surface area contributed by atoms with E-state index in [2.05, 4.69) is 37.7 Å². The molecule has 0 radical (unpaired) electrons. The van der Waals surface area contributed by atoms with Crippen LogP contribution in [0, 0.1) is 3.70 Å². The third-order valence-corrected chi connectivity index (χ3v) is 2.61. The van der Waals surface area contributed by atoms with Crippen molar-refractivity contribution in [2.45, 2.75) is 0 Å². The molecule has 3 aromatic heterocycles. The summed E-state index contributed by atoms with van der Waals surface area (Å²) in [7, 11) is 0. The van der Waals surface area contributed by atoms with Crippen LogP contribution >= 0.6 is 22.6 Å². The Balaban J connectivity index is 2.64. The van der Waals surface area contributed by atoms with Gasteiger partial charge in [-0.3, -0.25) is 0 Å². The van der Waals surface area contributed by atoms with Gasteiger partial charge in [-0.1, -0.05) is 4.63 Å². The van der Waals surface area contributed by atoms with Crippen LogP contribution < -0.4 is 9.73 Å². The first kappa shape index (κ1) is 7.25. The van der Waals surface area contributed by atoms with Gasteiger partial charge in [-0.25, -0.2) is 4.98 Å². The SMILES string of the molecule is Ic1ccn2c3nccnc3[n-][n+]12. The van der Waals surface area contributed by atoms with E-state index in [1.54, 1.807) is 17.0 Å².